The Hall–Kier alpha value is -1.04. The minimum Gasteiger partial charge on any atom is -0.489 e. The van der Waals surface area contributed by atoms with Crippen LogP contribution in [0.3, 0.4) is 0 Å². The van der Waals surface area contributed by atoms with E-state index in [2.05, 4.69) is 15.9 Å². The second-order valence-corrected chi connectivity index (χ2v) is 8.16. The molecule has 0 N–H and O–H groups in total. The van der Waals surface area contributed by atoms with E-state index in [1.807, 2.05) is 24.3 Å². The maximum Gasteiger partial charge on any atom is 0.261 e. The standard InChI is InChI=1S/C15H14BrClO3S/c1-10-7-14(8-11(2)15(10)21(17,18)19)20-9-12-3-5-13(16)6-4-12/h3-8H,9H2,1-2H3. The molecule has 2 aromatic carbocycles. The van der Waals surface area contributed by atoms with Crippen molar-refractivity contribution in [2.75, 3.05) is 0 Å². The van der Waals surface area contributed by atoms with Gasteiger partial charge in [0.2, 0.25) is 0 Å². The first-order chi connectivity index (χ1) is 9.77. The second-order valence-electron chi connectivity index (χ2n) is 4.74. The molecule has 3 nitrogen and oxygen atoms in total. The number of benzene rings is 2. The van der Waals surface area contributed by atoms with Gasteiger partial charge in [-0.3, -0.25) is 0 Å². The highest BCUT2D eigenvalue weighted by Gasteiger charge is 2.17. The third-order valence-corrected chi connectivity index (χ3v) is 5.12. The molecule has 0 unspecified atom stereocenters. The molecule has 0 spiro atoms. The first-order valence-electron chi connectivity index (χ1n) is 6.20. The Balaban J connectivity index is 2.21. The van der Waals surface area contributed by atoms with Crippen molar-refractivity contribution in [1.82, 2.24) is 0 Å². The largest absolute Gasteiger partial charge is 0.489 e. The van der Waals surface area contributed by atoms with E-state index >= 15 is 0 Å². The Morgan fingerprint density at radius 3 is 2.10 bits per heavy atom. The fourth-order valence-electron chi connectivity index (χ4n) is 2.13. The first-order valence-corrected chi connectivity index (χ1v) is 9.31. The maximum atomic E-state index is 11.5. The van der Waals surface area contributed by atoms with E-state index in [-0.39, 0.29) is 4.90 Å². The molecule has 21 heavy (non-hydrogen) atoms. The van der Waals surface area contributed by atoms with Gasteiger partial charge in [0.1, 0.15) is 12.4 Å². The summed E-state index contributed by atoms with van der Waals surface area (Å²) >= 11 is 3.38. The average Bonchev–Trinajstić information content (AvgIpc) is 2.35. The zero-order valence-electron chi connectivity index (χ0n) is 11.6. The van der Waals surface area contributed by atoms with Crippen LogP contribution in [0.15, 0.2) is 45.8 Å². The van der Waals surface area contributed by atoms with Crippen molar-refractivity contribution in [3.05, 3.63) is 57.6 Å². The van der Waals surface area contributed by atoms with Crippen molar-refractivity contribution in [1.29, 1.82) is 0 Å². The van der Waals surface area contributed by atoms with E-state index in [1.165, 1.54) is 0 Å². The minimum atomic E-state index is -3.74. The quantitative estimate of drug-likeness (QED) is 0.719. The molecule has 0 bridgehead atoms. The number of aryl methyl sites for hydroxylation is 2. The third-order valence-electron chi connectivity index (χ3n) is 3.00. The smallest absolute Gasteiger partial charge is 0.261 e. The summed E-state index contributed by atoms with van der Waals surface area (Å²) in [5.74, 6) is 0.622. The normalized spacial score (nSPS) is 11.4. The Bertz CT molecular complexity index is 732. The minimum absolute atomic E-state index is 0.153. The fraction of sp³-hybridized carbons (Fsp3) is 0.200. The van der Waals surface area contributed by atoms with Gasteiger partial charge in [0.25, 0.3) is 9.05 Å². The zero-order valence-corrected chi connectivity index (χ0v) is 14.7. The van der Waals surface area contributed by atoms with Gasteiger partial charge in [-0.1, -0.05) is 28.1 Å². The predicted octanol–water partition coefficient (Wildman–Crippen LogP) is 4.57. The van der Waals surface area contributed by atoms with Crippen molar-refractivity contribution >= 4 is 35.7 Å². The molecular weight excluding hydrogens is 376 g/mol. The van der Waals surface area contributed by atoms with Crippen LogP contribution in [0.1, 0.15) is 16.7 Å². The van der Waals surface area contributed by atoms with Gasteiger partial charge < -0.3 is 4.74 Å². The summed E-state index contributed by atoms with van der Waals surface area (Å²) in [7, 11) is 1.69. The Labute approximate surface area is 137 Å². The maximum absolute atomic E-state index is 11.5. The van der Waals surface area contributed by atoms with Crippen molar-refractivity contribution in [2.24, 2.45) is 0 Å². The van der Waals surface area contributed by atoms with Gasteiger partial charge in [0, 0.05) is 15.2 Å². The molecule has 0 aliphatic heterocycles. The Morgan fingerprint density at radius 1 is 1.10 bits per heavy atom. The highest BCUT2D eigenvalue weighted by atomic mass is 79.9. The van der Waals surface area contributed by atoms with Crippen LogP contribution in [0, 0.1) is 13.8 Å². The number of ether oxygens (including phenoxy) is 1. The zero-order chi connectivity index (χ0) is 15.6. The van der Waals surface area contributed by atoms with Crippen LogP contribution in [-0.4, -0.2) is 8.42 Å². The lowest BCUT2D eigenvalue weighted by atomic mass is 10.1. The van der Waals surface area contributed by atoms with Crippen molar-refractivity contribution < 1.29 is 13.2 Å². The highest BCUT2D eigenvalue weighted by Crippen LogP contribution is 2.28. The van der Waals surface area contributed by atoms with Gasteiger partial charge in [-0.2, -0.15) is 0 Å². The molecule has 0 saturated heterocycles. The van der Waals surface area contributed by atoms with E-state index < -0.39 is 9.05 Å². The van der Waals surface area contributed by atoms with E-state index in [0.717, 1.165) is 10.0 Å². The Kier molecular flexibility index (Phi) is 4.96. The molecule has 0 aliphatic carbocycles. The van der Waals surface area contributed by atoms with E-state index in [4.69, 9.17) is 15.4 Å². The molecule has 0 heterocycles. The van der Waals surface area contributed by atoms with Crippen molar-refractivity contribution in [3.63, 3.8) is 0 Å². The van der Waals surface area contributed by atoms with Crippen molar-refractivity contribution in [3.8, 4) is 5.75 Å². The summed E-state index contributed by atoms with van der Waals surface area (Å²) in [4.78, 5) is 0.153. The van der Waals surface area contributed by atoms with Gasteiger partial charge in [0.05, 0.1) is 4.90 Å². The topological polar surface area (TPSA) is 43.4 Å². The van der Waals surface area contributed by atoms with E-state index in [0.29, 0.717) is 23.5 Å². The molecular formula is C15H14BrClO3S. The van der Waals surface area contributed by atoms with Crippen LogP contribution >= 0.6 is 26.6 Å². The van der Waals surface area contributed by atoms with Crippen LogP contribution < -0.4 is 4.74 Å². The van der Waals surface area contributed by atoms with Crippen LogP contribution in [0.5, 0.6) is 5.75 Å². The summed E-state index contributed by atoms with van der Waals surface area (Å²) in [6.45, 7) is 3.82. The number of halogens is 2. The summed E-state index contributed by atoms with van der Waals surface area (Å²) < 4.78 is 29.8. The average molecular weight is 390 g/mol. The van der Waals surface area contributed by atoms with Crippen LogP contribution in [-0.2, 0) is 15.7 Å². The molecule has 0 fully saturated rings. The Morgan fingerprint density at radius 2 is 1.62 bits per heavy atom. The summed E-state index contributed by atoms with van der Waals surface area (Å²) in [6, 6.07) is 11.2. The SMILES string of the molecule is Cc1cc(OCc2ccc(Br)cc2)cc(C)c1S(=O)(=O)Cl. The molecule has 2 rings (SSSR count). The molecule has 0 aromatic heterocycles. The number of hydrogen-bond donors (Lipinski definition) is 0. The lowest BCUT2D eigenvalue weighted by Gasteiger charge is -2.11. The van der Waals surface area contributed by atoms with Gasteiger partial charge in [-0.25, -0.2) is 8.42 Å². The van der Waals surface area contributed by atoms with E-state index in [9.17, 15) is 8.42 Å². The molecule has 0 aliphatic rings. The van der Waals surface area contributed by atoms with E-state index in [1.54, 1.807) is 26.0 Å². The van der Waals surface area contributed by atoms with Gasteiger partial charge >= 0.3 is 0 Å². The first kappa shape index (κ1) is 16.3. The summed E-state index contributed by atoms with van der Waals surface area (Å²) in [6.07, 6.45) is 0. The highest BCUT2D eigenvalue weighted by molar-refractivity contribution is 9.10. The molecule has 0 saturated carbocycles. The molecule has 6 heteroatoms. The summed E-state index contributed by atoms with van der Waals surface area (Å²) in [5.41, 5.74) is 2.19. The molecule has 2 aromatic rings. The number of hydrogen-bond acceptors (Lipinski definition) is 3. The van der Waals surface area contributed by atoms with Gasteiger partial charge in [-0.15, -0.1) is 0 Å². The van der Waals surface area contributed by atoms with Crippen molar-refractivity contribution in [2.45, 2.75) is 25.3 Å². The number of rotatable bonds is 4. The lowest BCUT2D eigenvalue weighted by molar-refractivity contribution is 0.305. The van der Waals surface area contributed by atoms with Crippen LogP contribution in [0.4, 0.5) is 0 Å². The molecule has 0 amide bonds. The molecule has 112 valence electrons. The monoisotopic (exact) mass is 388 g/mol. The lowest BCUT2D eigenvalue weighted by Crippen LogP contribution is -2.01. The summed E-state index contributed by atoms with van der Waals surface area (Å²) in [5, 5.41) is 0. The van der Waals surface area contributed by atoms with Crippen LogP contribution in [0.2, 0.25) is 0 Å². The molecule has 0 atom stereocenters. The molecule has 0 radical (unpaired) electrons. The van der Waals surface area contributed by atoms with Gasteiger partial charge in [-0.05, 0) is 54.8 Å². The second kappa shape index (κ2) is 6.38. The third kappa shape index (κ3) is 4.22. The predicted molar refractivity (Wildman–Crippen MR) is 87.4 cm³/mol. The fourth-order valence-corrected chi connectivity index (χ4v) is 4.01. The van der Waals surface area contributed by atoms with Crippen LogP contribution in [0.25, 0.3) is 0 Å². The van der Waals surface area contributed by atoms with Gasteiger partial charge in [0.15, 0.2) is 0 Å².